The average molecular weight is 274 g/mol. The maximum Gasteiger partial charge on any atom is 0.120 e. The smallest absolute Gasteiger partial charge is 0.120 e. The van der Waals surface area contributed by atoms with Gasteiger partial charge in [0.2, 0.25) is 0 Å². The molecule has 4 nitrogen and oxygen atoms in total. The maximum absolute atomic E-state index is 9.68. The molecule has 1 unspecified atom stereocenters. The number of ether oxygens (including phenoxy) is 2. The summed E-state index contributed by atoms with van der Waals surface area (Å²) < 4.78 is 10.4. The van der Waals surface area contributed by atoms with Crippen molar-refractivity contribution in [1.82, 2.24) is 5.32 Å². The minimum atomic E-state index is -0.536. The zero-order chi connectivity index (χ0) is 13.2. The summed E-state index contributed by atoms with van der Waals surface area (Å²) in [4.78, 5) is 0. The lowest BCUT2D eigenvalue weighted by Crippen LogP contribution is -2.32. The number of methoxy groups -OCH3 is 1. The third kappa shape index (κ3) is 6.81. The highest BCUT2D eigenvalue weighted by molar-refractivity contribution is 6.30. The molecule has 1 atom stereocenters. The van der Waals surface area contributed by atoms with E-state index in [0.29, 0.717) is 17.3 Å². The standard InChI is InChI=1S/C13H20ClNO3/c1-17-7-3-6-15-9-12(16)10-18-13-5-2-4-11(14)8-13/h2,4-5,8,12,15-16H,3,6-7,9-10H2,1H3. The highest BCUT2D eigenvalue weighted by Crippen LogP contribution is 2.17. The number of hydrogen-bond acceptors (Lipinski definition) is 4. The Bertz CT molecular complexity index is 336. The van der Waals surface area contributed by atoms with E-state index in [9.17, 15) is 5.11 Å². The molecule has 0 aromatic heterocycles. The van der Waals surface area contributed by atoms with Gasteiger partial charge in [0.1, 0.15) is 18.5 Å². The summed E-state index contributed by atoms with van der Waals surface area (Å²) in [6.07, 6.45) is 0.393. The van der Waals surface area contributed by atoms with Crippen LogP contribution in [-0.4, -0.2) is 44.6 Å². The number of nitrogens with one attached hydrogen (secondary N) is 1. The molecule has 18 heavy (non-hydrogen) atoms. The Labute approximate surface area is 113 Å². The Morgan fingerprint density at radius 1 is 1.44 bits per heavy atom. The third-order valence-corrected chi connectivity index (χ3v) is 2.56. The van der Waals surface area contributed by atoms with Gasteiger partial charge >= 0.3 is 0 Å². The fourth-order valence-electron chi connectivity index (χ4n) is 1.42. The van der Waals surface area contributed by atoms with Gasteiger partial charge in [0.25, 0.3) is 0 Å². The molecule has 0 bridgehead atoms. The Kier molecular flexibility index (Phi) is 7.76. The molecule has 5 heteroatoms. The summed E-state index contributed by atoms with van der Waals surface area (Å²) in [6.45, 7) is 2.30. The van der Waals surface area contributed by atoms with Crippen molar-refractivity contribution < 1.29 is 14.6 Å². The molecule has 2 N–H and O–H groups in total. The first-order valence-corrected chi connectivity index (χ1v) is 6.36. The van der Waals surface area contributed by atoms with Gasteiger partial charge in [0.15, 0.2) is 0 Å². The van der Waals surface area contributed by atoms with Gasteiger partial charge in [-0.1, -0.05) is 17.7 Å². The fraction of sp³-hybridized carbons (Fsp3) is 0.538. The van der Waals surface area contributed by atoms with Crippen LogP contribution in [0.4, 0.5) is 0 Å². The van der Waals surface area contributed by atoms with E-state index in [0.717, 1.165) is 19.6 Å². The Morgan fingerprint density at radius 3 is 3.00 bits per heavy atom. The van der Waals surface area contributed by atoms with E-state index in [4.69, 9.17) is 21.1 Å². The first kappa shape index (κ1) is 15.2. The maximum atomic E-state index is 9.68. The minimum absolute atomic E-state index is 0.248. The van der Waals surface area contributed by atoms with E-state index >= 15 is 0 Å². The molecule has 0 aliphatic carbocycles. The van der Waals surface area contributed by atoms with Crippen LogP contribution in [0.1, 0.15) is 6.42 Å². The summed E-state index contributed by atoms with van der Waals surface area (Å²) >= 11 is 5.83. The van der Waals surface area contributed by atoms with Crippen molar-refractivity contribution in [3.63, 3.8) is 0 Å². The zero-order valence-corrected chi connectivity index (χ0v) is 11.3. The second-order valence-electron chi connectivity index (χ2n) is 3.97. The molecule has 1 rings (SSSR count). The molecule has 0 radical (unpaired) electrons. The third-order valence-electron chi connectivity index (χ3n) is 2.32. The number of hydrogen-bond donors (Lipinski definition) is 2. The summed E-state index contributed by atoms with van der Waals surface area (Å²) in [7, 11) is 1.67. The lowest BCUT2D eigenvalue weighted by molar-refractivity contribution is 0.105. The highest BCUT2D eigenvalue weighted by Gasteiger charge is 2.04. The molecule has 0 saturated carbocycles. The van der Waals surface area contributed by atoms with Gasteiger partial charge in [0.05, 0.1) is 0 Å². The molecule has 0 amide bonds. The van der Waals surface area contributed by atoms with Crippen molar-refractivity contribution in [1.29, 1.82) is 0 Å². The minimum Gasteiger partial charge on any atom is -0.491 e. The van der Waals surface area contributed by atoms with Gasteiger partial charge < -0.3 is 19.9 Å². The van der Waals surface area contributed by atoms with Crippen molar-refractivity contribution in [2.75, 3.05) is 33.4 Å². The number of rotatable bonds is 9. The molecule has 0 spiro atoms. The van der Waals surface area contributed by atoms with Gasteiger partial charge in [0, 0.05) is 25.3 Å². The predicted octanol–water partition coefficient (Wildman–Crippen LogP) is 1.71. The number of benzene rings is 1. The van der Waals surface area contributed by atoms with Crippen LogP contribution in [0.3, 0.4) is 0 Å². The normalized spacial score (nSPS) is 12.4. The zero-order valence-electron chi connectivity index (χ0n) is 10.6. The van der Waals surface area contributed by atoms with Gasteiger partial charge in [-0.3, -0.25) is 0 Å². The molecule has 1 aromatic carbocycles. The SMILES string of the molecule is COCCCNCC(O)COc1cccc(Cl)c1. The molecule has 0 aliphatic heterocycles. The molecule has 0 heterocycles. The van der Waals surface area contributed by atoms with E-state index in [1.54, 1.807) is 19.2 Å². The summed E-state index contributed by atoms with van der Waals surface area (Å²) in [5.41, 5.74) is 0. The first-order chi connectivity index (χ1) is 8.72. The first-order valence-electron chi connectivity index (χ1n) is 5.98. The van der Waals surface area contributed by atoms with Crippen LogP contribution in [0.2, 0.25) is 5.02 Å². The van der Waals surface area contributed by atoms with Crippen molar-refractivity contribution >= 4 is 11.6 Å². The lowest BCUT2D eigenvalue weighted by Gasteiger charge is -2.13. The topological polar surface area (TPSA) is 50.7 Å². The average Bonchev–Trinajstić information content (AvgIpc) is 2.36. The Morgan fingerprint density at radius 2 is 2.28 bits per heavy atom. The monoisotopic (exact) mass is 273 g/mol. The fourth-order valence-corrected chi connectivity index (χ4v) is 1.60. The molecular formula is C13H20ClNO3. The van der Waals surface area contributed by atoms with Gasteiger partial charge in [-0.05, 0) is 31.2 Å². The molecule has 0 fully saturated rings. The largest absolute Gasteiger partial charge is 0.491 e. The molecule has 102 valence electrons. The second kappa shape index (κ2) is 9.16. The Hall–Kier alpha value is -0.810. The second-order valence-corrected chi connectivity index (χ2v) is 4.41. The summed E-state index contributed by atoms with van der Waals surface area (Å²) in [6, 6.07) is 7.13. The van der Waals surface area contributed by atoms with Crippen LogP contribution in [0.5, 0.6) is 5.75 Å². The number of aliphatic hydroxyl groups excluding tert-OH is 1. The quantitative estimate of drug-likeness (QED) is 0.673. The van der Waals surface area contributed by atoms with Gasteiger partial charge in [-0.25, -0.2) is 0 Å². The van der Waals surface area contributed by atoms with Crippen LogP contribution in [0, 0.1) is 0 Å². The van der Waals surface area contributed by atoms with Crippen molar-refractivity contribution in [2.24, 2.45) is 0 Å². The van der Waals surface area contributed by atoms with E-state index in [1.165, 1.54) is 0 Å². The highest BCUT2D eigenvalue weighted by atomic mass is 35.5. The van der Waals surface area contributed by atoms with Crippen molar-refractivity contribution in [3.05, 3.63) is 29.3 Å². The van der Waals surface area contributed by atoms with Gasteiger partial charge in [-0.15, -0.1) is 0 Å². The van der Waals surface area contributed by atoms with Gasteiger partial charge in [-0.2, -0.15) is 0 Å². The van der Waals surface area contributed by atoms with Crippen molar-refractivity contribution in [3.8, 4) is 5.75 Å². The molecule has 0 aliphatic rings. The van der Waals surface area contributed by atoms with Crippen LogP contribution < -0.4 is 10.1 Å². The molecule has 1 aromatic rings. The van der Waals surface area contributed by atoms with E-state index in [1.807, 2.05) is 12.1 Å². The van der Waals surface area contributed by atoms with Crippen LogP contribution in [0.15, 0.2) is 24.3 Å². The Balaban J connectivity index is 2.11. The summed E-state index contributed by atoms with van der Waals surface area (Å²) in [5.74, 6) is 0.668. The predicted molar refractivity (Wildman–Crippen MR) is 72.3 cm³/mol. The van der Waals surface area contributed by atoms with Crippen LogP contribution >= 0.6 is 11.6 Å². The molecular weight excluding hydrogens is 254 g/mol. The van der Waals surface area contributed by atoms with E-state index < -0.39 is 6.10 Å². The number of halogens is 1. The van der Waals surface area contributed by atoms with Crippen LogP contribution in [0.25, 0.3) is 0 Å². The molecule has 0 saturated heterocycles. The lowest BCUT2D eigenvalue weighted by atomic mass is 10.3. The van der Waals surface area contributed by atoms with E-state index in [2.05, 4.69) is 5.32 Å². The summed E-state index contributed by atoms with van der Waals surface area (Å²) in [5, 5.41) is 13.4. The van der Waals surface area contributed by atoms with Crippen LogP contribution in [-0.2, 0) is 4.74 Å². The van der Waals surface area contributed by atoms with Crippen molar-refractivity contribution in [2.45, 2.75) is 12.5 Å². The van der Waals surface area contributed by atoms with E-state index in [-0.39, 0.29) is 6.61 Å². The number of aliphatic hydroxyl groups is 1.